The Balaban J connectivity index is 1.50. The molecule has 156 valence electrons. The Bertz CT molecular complexity index is 758. The van der Waals surface area contributed by atoms with Crippen molar-refractivity contribution in [2.45, 2.75) is 43.9 Å². The molecule has 2 aromatic rings. The van der Waals surface area contributed by atoms with Gasteiger partial charge >= 0.3 is 6.09 Å². The zero-order valence-electron chi connectivity index (χ0n) is 15.8. The molecule has 1 fully saturated rings. The number of carbonyl (C=O) groups is 1. The second-order valence-corrected chi connectivity index (χ2v) is 6.75. The van der Waals surface area contributed by atoms with Gasteiger partial charge in [0.15, 0.2) is 6.29 Å². The molecule has 1 amide bonds. The van der Waals surface area contributed by atoms with E-state index in [9.17, 15) is 20.1 Å². The standard InChI is InChI=1S/C21H25NO7/c23-17-16(11-22-21(26)28-13-15-9-5-2-6-10-15)29-20(25)18(24)19(17)27-12-14-7-3-1-4-8-14/h1-10,16-20,23-25H,11-13H2,(H,22,26)/t16-,17-,18+,19+,20-/m1/s1. The van der Waals surface area contributed by atoms with Crippen LogP contribution in [0.15, 0.2) is 60.7 Å². The lowest BCUT2D eigenvalue weighted by Gasteiger charge is -2.40. The molecule has 0 bridgehead atoms. The lowest BCUT2D eigenvalue weighted by atomic mass is 9.98. The second kappa shape index (κ2) is 10.3. The Kier molecular flexibility index (Phi) is 7.56. The van der Waals surface area contributed by atoms with Crippen LogP contribution in [0.25, 0.3) is 0 Å². The van der Waals surface area contributed by atoms with Crippen LogP contribution in [0.5, 0.6) is 0 Å². The third-order valence-electron chi connectivity index (χ3n) is 4.61. The summed E-state index contributed by atoms with van der Waals surface area (Å²) in [7, 11) is 0. The maximum atomic E-state index is 11.9. The van der Waals surface area contributed by atoms with Gasteiger partial charge < -0.3 is 34.8 Å². The van der Waals surface area contributed by atoms with E-state index in [-0.39, 0.29) is 19.8 Å². The quantitative estimate of drug-likeness (QED) is 0.543. The molecule has 1 heterocycles. The van der Waals surface area contributed by atoms with E-state index >= 15 is 0 Å². The number of hydrogen-bond acceptors (Lipinski definition) is 7. The van der Waals surface area contributed by atoms with Crippen LogP contribution < -0.4 is 5.32 Å². The van der Waals surface area contributed by atoms with E-state index in [0.717, 1.165) is 11.1 Å². The van der Waals surface area contributed by atoms with E-state index in [0.29, 0.717) is 0 Å². The van der Waals surface area contributed by atoms with Crippen molar-refractivity contribution in [1.82, 2.24) is 5.32 Å². The summed E-state index contributed by atoms with van der Waals surface area (Å²) in [5.41, 5.74) is 1.69. The maximum absolute atomic E-state index is 11.9. The number of aliphatic hydroxyl groups is 3. The Hall–Kier alpha value is -2.49. The Morgan fingerprint density at radius 2 is 1.48 bits per heavy atom. The van der Waals surface area contributed by atoms with Gasteiger partial charge in [0.05, 0.1) is 6.61 Å². The first-order valence-electron chi connectivity index (χ1n) is 9.34. The van der Waals surface area contributed by atoms with Crippen LogP contribution in [0.4, 0.5) is 4.79 Å². The molecule has 29 heavy (non-hydrogen) atoms. The SMILES string of the molecule is O=C(NC[C@H]1O[C@@H](O)[C@@H](O)[C@@H](OCc2ccccc2)[C@@H]1O)OCc1ccccc1. The van der Waals surface area contributed by atoms with Crippen molar-refractivity contribution >= 4 is 6.09 Å². The molecule has 3 rings (SSSR count). The molecule has 1 aliphatic heterocycles. The Morgan fingerprint density at radius 3 is 2.10 bits per heavy atom. The van der Waals surface area contributed by atoms with Crippen LogP contribution in [-0.4, -0.2) is 58.7 Å². The Morgan fingerprint density at radius 1 is 0.897 bits per heavy atom. The van der Waals surface area contributed by atoms with Crippen molar-refractivity contribution in [3.05, 3.63) is 71.8 Å². The largest absolute Gasteiger partial charge is 0.445 e. The third kappa shape index (κ3) is 5.99. The van der Waals surface area contributed by atoms with Gasteiger partial charge in [-0.2, -0.15) is 0 Å². The normalized spacial score (nSPS) is 26.7. The summed E-state index contributed by atoms with van der Waals surface area (Å²) in [4.78, 5) is 11.9. The van der Waals surface area contributed by atoms with Crippen LogP contribution >= 0.6 is 0 Å². The van der Waals surface area contributed by atoms with Gasteiger partial charge in [0, 0.05) is 6.54 Å². The van der Waals surface area contributed by atoms with Gasteiger partial charge in [0.25, 0.3) is 0 Å². The minimum Gasteiger partial charge on any atom is -0.445 e. The molecule has 1 saturated heterocycles. The first-order valence-corrected chi connectivity index (χ1v) is 9.34. The summed E-state index contributed by atoms with van der Waals surface area (Å²) in [6.45, 7) is 0.125. The lowest BCUT2D eigenvalue weighted by molar-refractivity contribution is -0.290. The molecule has 0 radical (unpaired) electrons. The maximum Gasteiger partial charge on any atom is 0.407 e. The highest BCUT2D eigenvalue weighted by Gasteiger charge is 2.44. The first-order chi connectivity index (χ1) is 14.0. The van der Waals surface area contributed by atoms with Gasteiger partial charge in [-0.25, -0.2) is 4.79 Å². The highest BCUT2D eigenvalue weighted by atomic mass is 16.6. The molecule has 0 saturated carbocycles. The van der Waals surface area contributed by atoms with Crippen LogP contribution in [0.1, 0.15) is 11.1 Å². The second-order valence-electron chi connectivity index (χ2n) is 6.75. The molecule has 5 atom stereocenters. The molecular weight excluding hydrogens is 378 g/mol. The average Bonchev–Trinajstić information content (AvgIpc) is 2.75. The number of rotatable bonds is 7. The molecule has 2 aromatic carbocycles. The minimum absolute atomic E-state index is 0.102. The number of ether oxygens (including phenoxy) is 3. The summed E-state index contributed by atoms with van der Waals surface area (Å²) in [5.74, 6) is 0. The monoisotopic (exact) mass is 403 g/mol. The predicted molar refractivity (Wildman–Crippen MR) is 103 cm³/mol. The van der Waals surface area contributed by atoms with Gasteiger partial charge in [-0.1, -0.05) is 60.7 Å². The smallest absolute Gasteiger partial charge is 0.407 e. The highest BCUT2D eigenvalue weighted by Crippen LogP contribution is 2.23. The number of hydrogen-bond donors (Lipinski definition) is 4. The van der Waals surface area contributed by atoms with E-state index in [1.807, 2.05) is 60.7 Å². The van der Waals surface area contributed by atoms with E-state index in [1.165, 1.54) is 0 Å². The van der Waals surface area contributed by atoms with Crippen LogP contribution in [0.3, 0.4) is 0 Å². The fourth-order valence-electron chi connectivity index (χ4n) is 3.01. The summed E-state index contributed by atoms with van der Waals surface area (Å²) in [6, 6.07) is 18.4. The number of amides is 1. The fraction of sp³-hybridized carbons (Fsp3) is 0.381. The zero-order valence-corrected chi connectivity index (χ0v) is 15.8. The zero-order chi connectivity index (χ0) is 20.6. The number of nitrogens with one attached hydrogen (secondary N) is 1. The number of aliphatic hydroxyl groups excluding tert-OH is 3. The van der Waals surface area contributed by atoms with Gasteiger partial charge in [0.1, 0.15) is 31.0 Å². The van der Waals surface area contributed by atoms with Crippen molar-refractivity contribution in [1.29, 1.82) is 0 Å². The van der Waals surface area contributed by atoms with Crippen LogP contribution in [-0.2, 0) is 27.4 Å². The van der Waals surface area contributed by atoms with Crippen molar-refractivity contribution in [2.75, 3.05) is 6.54 Å². The molecule has 8 heteroatoms. The van der Waals surface area contributed by atoms with Crippen LogP contribution in [0, 0.1) is 0 Å². The van der Waals surface area contributed by atoms with E-state index in [4.69, 9.17) is 14.2 Å². The summed E-state index contributed by atoms with van der Waals surface area (Å²) >= 11 is 0. The van der Waals surface area contributed by atoms with Crippen molar-refractivity contribution < 1.29 is 34.3 Å². The van der Waals surface area contributed by atoms with Gasteiger partial charge in [0.2, 0.25) is 0 Å². The summed E-state index contributed by atoms with van der Waals surface area (Å²) in [5, 5.41) is 33.1. The van der Waals surface area contributed by atoms with Crippen molar-refractivity contribution in [3.8, 4) is 0 Å². The number of carbonyl (C=O) groups excluding carboxylic acids is 1. The van der Waals surface area contributed by atoms with E-state index < -0.39 is 36.8 Å². The third-order valence-corrected chi connectivity index (χ3v) is 4.61. The van der Waals surface area contributed by atoms with Gasteiger partial charge in [-0.3, -0.25) is 0 Å². The van der Waals surface area contributed by atoms with Crippen molar-refractivity contribution in [3.63, 3.8) is 0 Å². The number of benzene rings is 2. The molecule has 1 aliphatic rings. The summed E-state index contributed by atoms with van der Waals surface area (Å²) in [6.07, 6.45) is -6.97. The first kappa shape index (κ1) is 21.2. The van der Waals surface area contributed by atoms with Gasteiger partial charge in [-0.15, -0.1) is 0 Å². The molecule has 8 nitrogen and oxygen atoms in total. The molecule has 0 unspecified atom stereocenters. The summed E-state index contributed by atoms with van der Waals surface area (Å²) < 4.78 is 15.9. The van der Waals surface area contributed by atoms with Gasteiger partial charge in [-0.05, 0) is 11.1 Å². The molecule has 4 N–H and O–H groups in total. The molecule has 0 spiro atoms. The number of alkyl carbamates (subject to hydrolysis) is 1. The average molecular weight is 403 g/mol. The lowest BCUT2D eigenvalue weighted by Crippen LogP contribution is -2.60. The Labute approximate surface area is 168 Å². The van der Waals surface area contributed by atoms with Crippen molar-refractivity contribution in [2.24, 2.45) is 0 Å². The predicted octanol–water partition coefficient (Wildman–Crippen LogP) is 0.937. The van der Waals surface area contributed by atoms with E-state index in [1.54, 1.807) is 0 Å². The van der Waals surface area contributed by atoms with E-state index in [2.05, 4.69) is 5.32 Å². The van der Waals surface area contributed by atoms with Crippen LogP contribution in [0.2, 0.25) is 0 Å². The molecule has 0 aromatic heterocycles. The molecular formula is C21H25NO7. The topological polar surface area (TPSA) is 117 Å². The highest BCUT2D eigenvalue weighted by molar-refractivity contribution is 5.67. The fourth-order valence-corrected chi connectivity index (χ4v) is 3.01. The molecule has 0 aliphatic carbocycles. The minimum atomic E-state index is -1.55.